The Balaban J connectivity index is 2.28. The van der Waals surface area contributed by atoms with Crippen molar-refractivity contribution in [2.45, 2.75) is 39.0 Å². The lowest BCUT2D eigenvalue weighted by molar-refractivity contribution is -0.144. The summed E-state index contributed by atoms with van der Waals surface area (Å²) in [4.78, 5) is 22.0. The van der Waals surface area contributed by atoms with Gasteiger partial charge in [-0.25, -0.2) is 10.0 Å². The highest BCUT2D eigenvalue weighted by Gasteiger charge is 2.23. The van der Waals surface area contributed by atoms with Gasteiger partial charge in [-0.3, -0.25) is 9.63 Å². The molecule has 1 aromatic rings. The third kappa shape index (κ3) is 3.45. The zero-order valence-corrected chi connectivity index (χ0v) is 12.3. The Morgan fingerprint density at radius 1 is 1.37 bits per heavy atom. The molecule has 5 heteroatoms. The van der Waals surface area contributed by atoms with Gasteiger partial charge in [-0.05, 0) is 25.0 Å². The van der Waals surface area contributed by atoms with Gasteiger partial charge in [-0.2, -0.15) is 0 Å². The lowest BCUT2D eigenvalue weighted by atomic mass is 9.91. The van der Waals surface area contributed by atoms with Gasteiger partial charge in [0.2, 0.25) is 0 Å². The van der Waals surface area contributed by atoms with Crippen molar-refractivity contribution in [1.29, 1.82) is 0 Å². The number of nitrogens with zero attached hydrogens (tertiary/aromatic N) is 2. The molecule has 1 aliphatic heterocycles. The topological polar surface area (TPSA) is 42.4 Å². The van der Waals surface area contributed by atoms with E-state index in [2.05, 4.69) is 4.98 Å². The lowest BCUT2D eigenvalue weighted by Crippen LogP contribution is -2.36. The fraction of sp³-hybridized carbons (Fsp3) is 0.571. The van der Waals surface area contributed by atoms with Crippen LogP contribution >= 0.6 is 11.6 Å². The van der Waals surface area contributed by atoms with Crippen LogP contribution in [0, 0.1) is 0 Å². The average Bonchev–Trinajstić information content (AvgIpc) is 2.37. The van der Waals surface area contributed by atoms with Gasteiger partial charge < -0.3 is 0 Å². The Morgan fingerprint density at radius 3 is 2.68 bits per heavy atom. The van der Waals surface area contributed by atoms with E-state index in [9.17, 15) is 4.79 Å². The number of carbonyl (C=O) groups is 1. The van der Waals surface area contributed by atoms with Gasteiger partial charge in [-0.15, -0.1) is 0 Å². The molecule has 1 saturated heterocycles. The van der Waals surface area contributed by atoms with E-state index in [1.165, 1.54) is 5.06 Å². The van der Waals surface area contributed by atoms with Crippen molar-refractivity contribution >= 4 is 17.5 Å². The highest BCUT2D eigenvalue weighted by atomic mass is 35.5. The van der Waals surface area contributed by atoms with E-state index in [4.69, 9.17) is 16.4 Å². The quantitative estimate of drug-likeness (QED) is 0.743. The molecule has 0 N–H and O–H groups in total. The van der Waals surface area contributed by atoms with Crippen molar-refractivity contribution < 1.29 is 9.63 Å². The first-order valence-corrected chi connectivity index (χ1v) is 6.88. The van der Waals surface area contributed by atoms with Crippen LogP contribution < -0.4 is 0 Å². The molecule has 1 aromatic heterocycles. The summed E-state index contributed by atoms with van der Waals surface area (Å²) in [5, 5.41) is 1.76. The number of hydrogen-bond acceptors (Lipinski definition) is 3. The maximum absolute atomic E-state index is 12.3. The van der Waals surface area contributed by atoms with Crippen LogP contribution in [0.5, 0.6) is 0 Å². The van der Waals surface area contributed by atoms with E-state index < -0.39 is 0 Å². The third-order valence-corrected chi connectivity index (χ3v) is 3.23. The second kappa shape index (κ2) is 5.47. The van der Waals surface area contributed by atoms with Gasteiger partial charge in [0.05, 0.1) is 6.61 Å². The van der Waals surface area contributed by atoms with Crippen LogP contribution in [0.25, 0.3) is 0 Å². The van der Waals surface area contributed by atoms with Gasteiger partial charge in [0.25, 0.3) is 5.91 Å². The van der Waals surface area contributed by atoms with E-state index >= 15 is 0 Å². The molecule has 0 atom stereocenters. The molecule has 1 aliphatic rings. The predicted molar refractivity (Wildman–Crippen MR) is 74.2 cm³/mol. The fourth-order valence-corrected chi connectivity index (χ4v) is 2.11. The summed E-state index contributed by atoms with van der Waals surface area (Å²) >= 11 is 6.02. The minimum Gasteiger partial charge on any atom is -0.271 e. The van der Waals surface area contributed by atoms with Gasteiger partial charge in [0.15, 0.2) is 0 Å². The second-order valence-corrected chi connectivity index (χ2v) is 6.15. The largest absolute Gasteiger partial charge is 0.277 e. The summed E-state index contributed by atoms with van der Waals surface area (Å²) in [7, 11) is 0. The SMILES string of the molecule is CC(C)(C)c1cc(C(=O)N2CCCCO2)cc(Cl)n1. The molecule has 1 fully saturated rings. The summed E-state index contributed by atoms with van der Waals surface area (Å²) < 4.78 is 0. The number of amides is 1. The van der Waals surface area contributed by atoms with Gasteiger partial charge in [-0.1, -0.05) is 32.4 Å². The number of hydrogen-bond donors (Lipinski definition) is 0. The molecule has 0 bridgehead atoms. The first-order chi connectivity index (χ1) is 8.88. The molecule has 0 saturated carbocycles. The Morgan fingerprint density at radius 2 is 2.11 bits per heavy atom. The van der Waals surface area contributed by atoms with E-state index in [1.54, 1.807) is 12.1 Å². The monoisotopic (exact) mass is 282 g/mol. The Bertz CT molecular complexity index is 477. The van der Waals surface area contributed by atoms with Gasteiger partial charge in [0, 0.05) is 23.2 Å². The van der Waals surface area contributed by atoms with Gasteiger partial charge >= 0.3 is 0 Å². The second-order valence-electron chi connectivity index (χ2n) is 5.76. The maximum atomic E-state index is 12.3. The normalized spacial score (nSPS) is 16.5. The lowest BCUT2D eigenvalue weighted by Gasteiger charge is -2.26. The third-order valence-electron chi connectivity index (χ3n) is 3.04. The van der Waals surface area contributed by atoms with Crippen molar-refractivity contribution in [2.24, 2.45) is 0 Å². The molecule has 0 aromatic carbocycles. The summed E-state index contributed by atoms with van der Waals surface area (Å²) in [5.74, 6) is -0.144. The van der Waals surface area contributed by atoms with Crippen molar-refractivity contribution in [3.8, 4) is 0 Å². The number of aromatic nitrogens is 1. The highest BCUT2D eigenvalue weighted by Crippen LogP contribution is 2.24. The summed E-state index contributed by atoms with van der Waals surface area (Å²) in [6, 6.07) is 3.39. The van der Waals surface area contributed by atoms with E-state index in [0.717, 1.165) is 18.5 Å². The summed E-state index contributed by atoms with van der Waals surface area (Å²) in [5.41, 5.74) is 1.19. The molecule has 104 valence electrons. The molecule has 19 heavy (non-hydrogen) atoms. The number of hydroxylamine groups is 2. The smallest absolute Gasteiger partial charge is 0.271 e. The fourth-order valence-electron chi connectivity index (χ4n) is 1.91. The number of pyridine rings is 1. The van der Waals surface area contributed by atoms with Crippen molar-refractivity contribution in [3.05, 3.63) is 28.5 Å². The molecule has 0 radical (unpaired) electrons. The molecular weight excluding hydrogens is 264 g/mol. The standard InChI is InChI=1S/C14H19ClN2O2/c1-14(2,3)11-8-10(9-12(15)16-11)13(18)17-6-4-5-7-19-17/h8-9H,4-7H2,1-3H3. The first-order valence-electron chi connectivity index (χ1n) is 6.51. The zero-order chi connectivity index (χ0) is 14.0. The zero-order valence-electron chi connectivity index (χ0n) is 11.6. The van der Waals surface area contributed by atoms with Crippen LogP contribution in [0.2, 0.25) is 5.15 Å². The molecule has 1 amide bonds. The maximum Gasteiger partial charge on any atom is 0.277 e. The Labute approximate surface area is 118 Å². The van der Waals surface area contributed by atoms with Crippen molar-refractivity contribution in [2.75, 3.05) is 13.2 Å². The molecular formula is C14H19ClN2O2. The number of rotatable bonds is 1. The van der Waals surface area contributed by atoms with E-state index in [-0.39, 0.29) is 11.3 Å². The Kier molecular flexibility index (Phi) is 4.11. The minimum atomic E-state index is -0.150. The van der Waals surface area contributed by atoms with Gasteiger partial charge in [0.1, 0.15) is 5.15 Å². The van der Waals surface area contributed by atoms with Crippen LogP contribution in [0.3, 0.4) is 0 Å². The molecule has 0 aliphatic carbocycles. The molecule has 2 rings (SSSR count). The molecule has 4 nitrogen and oxygen atoms in total. The highest BCUT2D eigenvalue weighted by molar-refractivity contribution is 6.29. The van der Waals surface area contributed by atoms with Crippen LogP contribution in [0.15, 0.2) is 12.1 Å². The molecule has 0 unspecified atom stereocenters. The summed E-state index contributed by atoms with van der Waals surface area (Å²) in [6.45, 7) is 7.34. The molecule has 2 heterocycles. The van der Waals surface area contributed by atoms with Crippen LogP contribution in [-0.2, 0) is 10.3 Å². The minimum absolute atomic E-state index is 0.144. The van der Waals surface area contributed by atoms with Crippen LogP contribution in [-0.4, -0.2) is 29.1 Å². The summed E-state index contributed by atoms with van der Waals surface area (Å²) in [6.07, 6.45) is 1.96. The average molecular weight is 283 g/mol. The van der Waals surface area contributed by atoms with Crippen molar-refractivity contribution in [3.63, 3.8) is 0 Å². The van der Waals surface area contributed by atoms with E-state index in [1.807, 2.05) is 20.8 Å². The first kappa shape index (κ1) is 14.3. The Hall–Kier alpha value is -1.13. The predicted octanol–water partition coefficient (Wildman–Crippen LogP) is 3.20. The molecule has 0 spiro atoms. The van der Waals surface area contributed by atoms with E-state index in [0.29, 0.717) is 23.9 Å². The van der Waals surface area contributed by atoms with Crippen LogP contribution in [0.1, 0.15) is 49.7 Å². The van der Waals surface area contributed by atoms with Crippen molar-refractivity contribution in [1.82, 2.24) is 10.0 Å². The van der Waals surface area contributed by atoms with Crippen LogP contribution in [0.4, 0.5) is 0 Å². The number of carbonyl (C=O) groups excluding carboxylic acids is 1. The number of halogens is 1.